The predicted octanol–water partition coefficient (Wildman–Crippen LogP) is 1.12. The molecule has 2 rings (SSSR count). The van der Waals surface area contributed by atoms with Gasteiger partial charge in [-0.1, -0.05) is 18.2 Å². The maximum Gasteiger partial charge on any atom is 0.350 e. The molecule has 0 aliphatic heterocycles. The van der Waals surface area contributed by atoms with Gasteiger partial charge in [0, 0.05) is 10.1 Å². The summed E-state index contributed by atoms with van der Waals surface area (Å²) in [5.41, 5.74) is 0.710. The van der Waals surface area contributed by atoms with Gasteiger partial charge < -0.3 is 20.3 Å². The number of hydrogen-bond acceptors (Lipinski definition) is 4. The van der Waals surface area contributed by atoms with Crippen molar-refractivity contribution in [3.63, 3.8) is 0 Å². The zero-order valence-corrected chi connectivity index (χ0v) is 14.5. The Morgan fingerprint density at radius 3 is 2.77 bits per heavy atom. The molecular formula is C15H20N3O2S2+. The lowest BCUT2D eigenvalue weighted by molar-refractivity contribution is -0.856. The summed E-state index contributed by atoms with van der Waals surface area (Å²) in [4.78, 5) is 13.8. The molecule has 0 spiro atoms. The molecule has 0 fully saturated rings. The second-order valence-electron chi connectivity index (χ2n) is 5.13. The van der Waals surface area contributed by atoms with Crippen LogP contribution in [0.5, 0.6) is 0 Å². The molecular weight excluding hydrogens is 318 g/mol. The van der Waals surface area contributed by atoms with E-state index in [1.807, 2.05) is 24.3 Å². The van der Waals surface area contributed by atoms with Crippen molar-refractivity contribution < 1.29 is 14.4 Å². The zero-order valence-electron chi connectivity index (χ0n) is 12.9. The van der Waals surface area contributed by atoms with E-state index in [0.717, 1.165) is 23.2 Å². The summed E-state index contributed by atoms with van der Waals surface area (Å²) >= 11 is 6.72. The third-order valence-corrected chi connectivity index (χ3v) is 4.51. The van der Waals surface area contributed by atoms with E-state index < -0.39 is 0 Å². The lowest BCUT2D eigenvalue weighted by atomic mass is 10.2. The first-order valence-corrected chi connectivity index (χ1v) is 8.19. The second-order valence-corrected chi connectivity index (χ2v) is 6.59. The van der Waals surface area contributed by atoms with Crippen molar-refractivity contribution in [3.05, 3.63) is 29.1 Å². The second kappa shape index (κ2) is 7.53. The van der Waals surface area contributed by atoms with Gasteiger partial charge in [0.1, 0.15) is 4.88 Å². The monoisotopic (exact) mass is 338 g/mol. The summed E-state index contributed by atoms with van der Waals surface area (Å²) < 4.78 is 5.88. The predicted molar refractivity (Wildman–Crippen MR) is 95.1 cm³/mol. The smallest absolute Gasteiger partial charge is 0.350 e. The number of likely N-dealkylation sites (N-methyl/N-ethyl adjacent to an activating group) is 1. The largest absolute Gasteiger partial charge is 0.465 e. The van der Waals surface area contributed by atoms with Crippen molar-refractivity contribution in [1.29, 1.82) is 0 Å². The van der Waals surface area contributed by atoms with Crippen LogP contribution in [0.15, 0.2) is 24.3 Å². The highest BCUT2D eigenvalue weighted by Gasteiger charge is 2.19. The zero-order chi connectivity index (χ0) is 16.1. The topological polar surface area (TPSA) is 54.8 Å². The van der Waals surface area contributed by atoms with Crippen molar-refractivity contribution >= 4 is 50.4 Å². The van der Waals surface area contributed by atoms with Crippen LogP contribution in [0.2, 0.25) is 0 Å². The summed E-state index contributed by atoms with van der Waals surface area (Å²) in [7, 11) is 5.55. The quantitative estimate of drug-likeness (QED) is 0.563. The Hall–Kier alpha value is -1.70. The van der Waals surface area contributed by atoms with E-state index in [0.29, 0.717) is 15.7 Å². The molecule has 0 amide bonds. The summed E-state index contributed by atoms with van der Waals surface area (Å²) in [6.45, 7) is 1.72. The molecule has 2 aromatic rings. The van der Waals surface area contributed by atoms with Gasteiger partial charge in [-0.05, 0) is 18.3 Å². The number of carbonyl (C=O) groups excluding carboxylic acids is 1. The Balaban J connectivity index is 2.21. The molecule has 0 unspecified atom stereocenters. The number of fused-ring (bicyclic) bond motifs is 1. The Bertz CT molecular complexity index is 682. The Morgan fingerprint density at radius 1 is 1.36 bits per heavy atom. The average molecular weight is 338 g/mol. The maximum absolute atomic E-state index is 12.0. The summed E-state index contributed by atoms with van der Waals surface area (Å²) in [5.74, 6) is -0.357. The highest BCUT2D eigenvalue weighted by molar-refractivity contribution is 7.80. The first-order valence-electron chi connectivity index (χ1n) is 6.96. The number of carbonyl (C=O) groups is 1. The van der Waals surface area contributed by atoms with Crippen LogP contribution in [0.25, 0.3) is 10.1 Å². The number of anilines is 1. The van der Waals surface area contributed by atoms with E-state index in [2.05, 4.69) is 24.7 Å². The Labute approximate surface area is 139 Å². The number of ether oxygens (including phenoxy) is 1. The fraction of sp³-hybridized carbons (Fsp3) is 0.333. The lowest BCUT2D eigenvalue weighted by Gasteiger charge is -2.12. The molecule has 0 bridgehead atoms. The van der Waals surface area contributed by atoms with Crippen LogP contribution in [0.4, 0.5) is 5.69 Å². The molecule has 0 aliphatic carbocycles. The van der Waals surface area contributed by atoms with Crippen LogP contribution in [0.3, 0.4) is 0 Å². The van der Waals surface area contributed by atoms with Gasteiger partial charge in [0.2, 0.25) is 0 Å². The summed E-state index contributed by atoms with van der Waals surface area (Å²) in [5, 5.41) is 7.77. The minimum atomic E-state index is -0.357. The van der Waals surface area contributed by atoms with Gasteiger partial charge in [-0.2, -0.15) is 0 Å². The molecule has 5 nitrogen and oxygen atoms in total. The molecule has 118 valence electrons. The van der Waals surface area contributed by atoms with Crippen LogP contribution in [0.1, 0.15) is 9.67 Å². The van der Waals surface area contributed by atoms with E-state index in [1.165, 1.54) is 23.3 Å². The molecule has 0 radical (unpaired) electrons. The first-order chi connectivity index (χ1) is 10.5. The molecule has 1 aromatic heterocycles. The Kier molecular flexibility index (Phi) is 5.70. The molecule has 7 heteroatoms. The van der Waals surface area contributed by atoms with E-state index in [4.69, 9.17) is 17.0 Å². The summed E-state index contributed by atoms with van der Waals surface area (Å²) in [6, 6.07) is 7.82. The molecule has 0 saturated heterocycles. The third kappa shape index (κ3) is 3.94. The van der Waals surface area contributed by atoms with Crippen LogP contribution >= 0.6 is 23.6 Å². The molecule has 0 saturated carbocycles. The number of hydrogen-bond donors (Lipinski definition) is 3. The van der Waals surface area contributed by atoms with Gasteiger partial charge in [-0.25, -0.2) is 4.79 Å². The maximum atomic E-state index is 12.0. The van der Waals surface area contributed by atoms with Crippen molar-refractivity contribution in [2.75, 3.05) is 39.6 Å². The molecule has 1 heterocycles. The number of thiocarbonyl (C=S) groups is 1. The highest BCUT2D eigenvalue weighted by atomic mass is 32.1. The standard InChI is InChI=1S/C15H19N3O2S2/c1-18(2)9-8-16-15(21)17-12-10-6-4-5-7-11(10)22-13(12)14(19)20-3/h4-7H,8-9H2,1-3H3,(H2,16,17,21)/p+1. The number of nitrogens with one attached hydrogen (secondary N) is 3. The number of esters is 1. The molecule has 3 N–H and O–H groups in total. The van der Waals surface area contributed by atoms with Gasteiger partial charge in [0.25, 0.3) is 0 Å². The first kappa shape index (κ1) is 16.7. The van der Waals surface area contributed by atoms with Gasteiger partial charge in [-0.3, -0.25) is 0 Å². The fourth-order valence-electron chi connectivity index (χ4n) is 1.99. The van der Waals surface area contributed by atoms with Crippen LogP contribution < -0.4 is 15.5 Å². The summed E-state index contributed by atoms with van der Waals surface area (Å²) in [6.07, 6.45) is 0. The van der Waals surface area contributed by atoms with Gasteiger partial charge in [0.15, 0.2) is 5.11 Å². The Morgan fingerprint density at radius 2 is 2.09 bits per heavy atom. The number of rotatable bonds is 5. The van der Waals surface area contributed by atoms with Crippen molar-refractivity contribution in [2.24, 2.45) is 0 Å². The van der Waals surface area contributed by atoms with Gasteiger partial charge in [-0.15, -0.1) is 11.3 Å². The average Bonchev–Trinajstić information content (AvgIpc) is 2.85. The van der Waals surface area contributed by atoms with E-state index >= 15 is 0 Å². The minimum absolute atomic E-state index is 0.357. The fourth-order valence-corrected chi connectivity index (χ4v) is 3.27. The van der Waals surface area contributed by atoms with Gasteiger partial charge in [0.05, 0.1) is 40.0 Å². The number of quaternary nitrogens is 1. The van der Waals surface area contributed by atoms with Crippen molar-refractivity contribution in [3.8, 4) is 0 Å². The molecule has 0 aliphatic rings. The van der Waals surface area contributed by atoms with Crippen LogP contribution in [0, 0.1) is 0 Å². The van der Waals surface area contributed by atoms with E-state index in [1.54, 1.807) is 0 Å². The lowest BCUT2D eigenvalue weighted by Crippen LogP contribution is -3.06. The molecule has 0 atom stereocenters. The SMILES string of the molecule is COC(=O)c1sc2ccccc2c1NC(=S)NCC[NH+](C)C. The van der Waals surface area contributed by atoms with Gasteiger partial charge >= 0.3 is 5.97 Å². The number of benzene rings is 1. The van der Waals surface area contributed by atoms with Crippen LogP contribution in [-0.4, -0.2) is 45.4 Å². The van der Waals surface area contributed by atoms with E-state index in [-0.39, 0.29) is 5.97 Å². The van der Waals surface area contributed by atoms with Crippen molar-refractivity contribution in [2.45, 2.75) is 0 Å². The number of thiophene rings is 1. The van der Waals surface area contributed by atoms with Crippen LogP contribution in [-0.2, 0) is 4.74 Å². The number of methoxy groups -OCH3 is 1. The normalized spacial score (nSPS) is 10.7. The molecule has 1 aromatic carbocycles. The minimum Gasteiger partial charge on any atom is -0.465 e. The molecule has 22 heavy (non-hydrogen) atoms. The van der Waals surface area contributed by atoms with Crippen molar-refractivity contribution in [1.82, 2.24) is 5.32 Å². The van der Waals surface area contributed by atoms with E-state index in [9.17, 15) is 4.79 Å². The highest BCUT2D eigenvalue weighted by Crippen LogP contribution is 2.36. The third-order valence-electron chi connectivity index (χ3n) is 3.12.